The molecule has 1 N–H and O–H groups in total. The van der Waals surface area contributed by atoms with Crippen LogP contribution in [-0.2, 0) is 33.7 Å². The van der Waals surface area contributed by atoms with E-state index in [0.29, 0.717) is 0 Å². The molecule has 136 valence electrons. The fourth-order valence-corrected chi connectivity index (χ4v) is 4.22. The van der Waals surface area contributed by atoms with Gasteiger partial charge in [-0.05, 0) is 25.7 Å². The molecule has 8 nitrogen and oxygen atoms in total. The van der Waals surface area contributed by atoms with Gasteiger partial charge in [0, 0.05) is 19.6 Å². The van der Waals surface area contributed by atoms with Crippen LogP contribution in [0.2, 0.25) is 0 Å². The van der Waals surface area contributed by atoms with E-state index in [0.717, 1.165) is 37.1 Å². The average Bonchev–Trinajstić information content (AvgIpc) is 3.14. The average molecular weight is 352 g/mol. The van der Waals surface area contributed by atoms with E-state index < -0.39 is 17.1 Å². The lowest BCUT2D eigenvalue weighted by Crippen LogP contribution is -2.56. The standard InChI is InChI=1S/C16H21FN4O4/c17-16-5-6-25-10-15(16,14(23)24)8-20(9-16)13(22)7-21-12-4-2-1-3-11(12)18-19-21/h1-10H2,(H,23,24)/t15-,16+/m1/s1. The van der Waals surface area contributed by atoms with E-state index in [1.807, 2.05) is 0 Å². The van der Waals surface area contributed by atoms with Crippen LogP contribution in [0.25, 0.3) is 0 Å². The van der Waals surface area contributed by atoms with Crippen molar-refractivity contribution in [2.24, 2.45) is 5.41 Å². The summed E-state index contributed by atoms with van der Waals surface area (Å²) >= 11 is 0. The molecule has 0 aromatic carbocycles. The second kappa shape index (κ2) is 5.76. The van der Waals surface area contributed by atoms with Crippen molar-refractivity contribution >= 4 is 11.9 Å². The Hall–Kier alpha value is -2.03. The number of carbonyl (C=O) groups is 2. The van der Waals surface area contributed by atoms with Gasteiger partial charge in [0.05, 0.1) is 24.5 Å². The molecule has 0 bridgehead atoms. The highest BCUT2D eigenvalue weighted by Crippen LogP contribution is 2.47. The van der Waals surface area contributed by atoms with Crippen molar-refractivity contribution in [2.45, 2.75) is 44.3 Å². The third-order valence-electron chi connectivity index (χ3n) is 5.79. The lowest BCUT2D eigenvalue weighted by atomic mass is 9.73. The van der Waals surface area contributed by atoms with Gasteiger partial charge < -0.3 is 14.7 Å². The normalized spacial score (nSPS) is 31.5. The molecule has 25 heavy (non-hydrogen) atoms. The monoisotopic (exact) mass is 352 g/mol. The van der Waals surface area contributed by atoms with E-state index in [2.05, 4.69) is 10.3 Å². The topological polar surface area (TPSA) is 97.5 Å². The van der Waals surface area contributed by atoms with Crippen LogP contribution in [0, 0.1) is 5.41 Å². The molecular formula is C16H21FN4O4. The van der Waals surface area contributed by atoms with Gasteiger partial charge in [-0.25, -0.2) is 9.07 Å². The maximum atomic E-state index is 15.3. The molecule has 2 atom stereocenters. The van der Waals surface area contributed by atoms with Gasteiger partial charge >= 0.3 is 5.97 Å². The van der Waals surface area contributed by atoms with E-state index in [1.165, 1.54) is 4.90 Å². The summed E-state index contributed by atoms with van der Waals surface area (Å²) in [6, 6.07) is 0. The predicted octanol–water partition coefficient (Wildman–Crippen LogP) is 0.199. The number of likely N-dealkylation sites (tertiary alicyclic amines) is 1. The molecule has 1 aromatic heterocycles. The van der Waals surface area contributed by atoms with Gasteiger partial charge in [-0.3, -0.25) is 9.59 Å². The summed E-state index contributed by atoms with van der Waals surface area (Å²) in [4.78, 5) is 25.7. The second-order valence-corrected chi connectivity index (χ2v) is 7.25. The first kappa shape index (κ1) is 16.4. The summed E-state index contributed by atoms with van der Waals surface area (Å²) in [6.07, 6.45) is 3.78. The zero-order valence-corrected chi connectivity index (χ0v) is 13.9. The molecule has 2 saturated heterocycles. The van der Waals surface area contributed by atoms with Gasteiger partial charge in [0.25, 0.3) is 0 Å². The van der Waals surface area contributed by atoms with Crippen LogP contribution in [-0.4, -0.2) is 68.8 Å². The quantitative estimate of drug-likeness (QED) is 0.835. The number of rotatable bonds is 3. The Morgan fingerprint density at radius 1 is 1.28 bits per heavy atom. The largest absolute Gasteiger partial charge is 0.481 e. The number of halogens is 1. The molecule has 3 heterocycles. The smallest absolute Gasteiger partial charge is 0.317 e. The molecule has 0 unspecified atom stereocenters. The summed E-state index contributed by atoms with van der Waals surface area (Å²) in [6.45, 7) is -0.451. The molecule has 2 fully saturated rings. The SMILES string of the molecule is O=C(Cn1nnc2c1CCCC2)N1C[C@@]2(F)CCOC[C@@]2(C(=O)O)C1. The Kier molecular flexibility index (Phi) is 3.78. The van der Waals surface area contributed by atoms with E-state index >= 15 is 4.39 Å². The molecule has 3 aliphatic rings. The van der Waals surface area contributed by atoms with Crippen molar-refractivity contribution in [3.8, 4) is 0 Å². The van der Waals surface area contributed by atoms with E-state index in [-0.39, 0.29) is 45.2 Å². The van der Waals surface area contributed by atoms with E-state index in [4.69, 9.17) is 4.74 Å². The Labute approximate surface area is 143 Å². The highest BCUT2D eigenvalue weighted by Gasteiger charge is 2.66. The van der Waals surface area contributed by atoms with Crippen LogP contribution in [0.5, 0.6) is 0 Å². The summed E-state index contributed by atoms with van der Waals surface area (Å²) in [5.74, 6) is -1.58. The molecule has 0 spiro atoms. The molecule has 1 aliphatic carbocycles. The van der Waals surface area contributed by atoms with Gasteiger partial charge in [0.2, 0.25) is 5.91 Å². The number of fused-ring (bicyclic) bond motifs is 2. The highest BCUT2D eigenvalue weighted by atomic mass is 19.1. The van der Waals surface area contributed by atoms with Crippen molar-refractivity contribution in [2.75, 3.05) is 26.3 Å². The Morgan fingerprint density at radius 3 is 2.84 bits per heavy atom. The number of hydrogen-bond acceptors (Lipinski definition) is 5. The zero-order valence-electron chi connectivity index (χ0n) is 13.9. The third-order valence-corrected chi connectivity index (χ3v) is 5.79. The van der Waals surface area contributed by atoms with Crippen LogP contribution >= 0.6 is 0 Å². The summed E-state index contributed by atoms with van der Waals surface area (Å²) < 4.78 is 22.1. The highest BCUT2D eigenvalue weighted by molar-refractivity contribution is 5.82. The van der Waals surface area contributed by atoms with E-state index in [1.54, 1.807) is 4.68 Å². The molecule has 4 rings (SSSR count). The minimum absolute atomic E-state index is 0.0121. The Bertz CT molecular complexity index is 723. The fourth-order valence-electron chi connectivity index (χ4n) is 4.22. The number of amides is 1. The van der Waals surface area contributed by atoms with Crippen LogP contribution in [0.15, 0.2) is 0 Å². The molecule has 0 radical (unpaired) electrons. The van der Waals surface area contributed by atoms with Crippen LogP contribution in [0.3, 0.4) is 0 Å². The second-order valence-electron chi connectivity index (χ2n) is 7.25. The number of carboxylic acid groups (broad SMARTS) is 1. The third kappa shape index (κ3) is 2.44. The number of nitrogens with zero attached hydrogens (tertiary/aromatic N) is 4. The number of carboxylic acids is 1. The first-order chi connectivity index (χ1) is 12.0. The summed E-state index contributed by atoms with van der Waals surface area (Å²) in [7, 11) is 0. The lowest BCUT2D eigenvalue weighted by molar-refractivity contribution is -0.172. The van der Waals surface area contributed by atoms with Crippen molar-refractivity contribution in [3.63, 3.8) is 0 Å². The zero-order chi connectivity index (χ0) is 17.7. The molecule has 1 aromatic rings. The van der Waals surface area contributed by atoms with Crippen molar-refractivity contribution in [3.05, 3.63) is 11.4 Å². The first-order valence-electron chi connectivity index (χ1n) is 8.64. The van der Waals surface area contributed by atoms with Crippen molar-refractivity contribution in [1.29, 1.82) is 0 Å². The minimum atomic E-state index is -1.95. The molecule has 2 aliphatic heterocycles. The summed E-state index contributed by atoms with van der Waals surface area (Å²) in [5, 5.41) is 17.8. The van der Waals surface area contributed by atoms with Gasteiger partial charge in [0.1, 0.15) is 12.0 Å². The molecule has 1 amide bonds. The van der Waals surface area contributed by atoms with Gasteiger partial charge in [0.15, 0.2) is 5.67 Å². The van der Waals surface area contributed by atoms with Crippen molar-refractivity contribution < 1.29 is 23.8 Å². The molecular weight excluding hydrogens is 331 g/mol. The van der Waals surface area contributed by atoms with Crippen LogP contribution in [0.4, 0.5) is 4.39 Å². The number of hydrogen-bond donors (Lipinski definition) is 1. The van der Waals surface area contributed by atoms with Crippen LogP contribution < -0.4 is 0 Å². The molecule has 0 saturated carbocycles. The van der Waals surface area contributed by atoms with Crippen molar-refractivity contribution in [1.82, 2.24) is 19.9 Å². The lowest BCUT2D eigenvalue weighted by Gasteiger charge is -2.38. The van der Waals surface area contributed by atoms with Gasteiger partial charge in [-0.2, -0.15) is 0 Å². The van der Waals surface area contributed by atoms with E-state index in [9.17, 15) is 14.7 Å². The van der Waals surface area contributed by atoms with Gasteiger partial charge in [-0.15, -0.1) is 5.10 Å². The number of alkyl halides is 1. The van der Waals surface area contributed by atoms with Gasteiger partial charge in [-0.1, -0.05) is 5.21 Å². The van der Waals surface area contributed by atoms with Crippen LogP contribution in [0.1, 0.15) is 30.7 Å². The number of ether oxygens (including phenoxy) is 1. The molecule has 9 heteroatoms. The number of aryl methyl sites for hydroxylation is 1. The fraction of sp³-hybridized carbons (Fsp3) is 0.750. The first-order valence-corrected chi connectivity index (χ1v) is 8.64. The number of aromatic nitrogens is 3. The number of aliphatic carboxylic acids is 1. The predicted molar refractivity (Wildman–Crippen MR) is 82.6 cm³/mol. The Morgan fingerprint density at radius 2 is 2.08 bits per heavy atom. The number of carbonyl (C=O) groups excluding carboxylic acids is 1. The summed E-state index contributed by atoms with van der Waals surface area (Å²) in [5.41, 5.74) is -1.74. The Balaban J connectivity index is 1.54. The maximum absolute atomic E-state index is 15.3. The minimum Gasteiger partial charge on any atom is -0.481 e. The maximum Gasteiger partial charge on any atom is 0.317 e.